The van der Waals surface area contributed by atoms with Crippen molar-refractivity contribution in [2.24, 2.45) is 0 Å². The second-order valence-corrected chi connectivity index (χ2v) is 13.9. The molecular formula is C50H31FN2. The predicted molar refractivity (Wildman–Crippen MR) is 221 cm³/mol. The standard InChI is InChI=1S/C50H31FN2/c51-36-20-22-37(23-21-36)52-29-28-35-30-33(18-25-46(35)52)34-19-26-48-45(31-34)49-43-16-8-5-13-40(43)41-14-6-9-17-44(41)50(49)53(48)47-27-24-38(32-10-2-1-3-11-32)39-12-4-7-15-42(39)47/h1-31H. The number of hydrogen-bond donors (Lipinski definition) is 0. The van der Waals surface area contributed by atoms with E-state index in [0.29, 0.717) is 0 Å². The third-order valence-corrected chi connectivity index (χ3v) is 11.0. The molecule has 53 heavy (non-hydrogen) atoms. The summed E-state index contributed by atoms with van der Waals surface area (Å²) in [5, 5.41) is 11.1. The van der Waals surface area contributed by atoms with Crippen molar-refractivity contribution in [2.75, 3.05) is 0 Å². The van der Waals surface area contributed by atoms with Gasteiger partial charge in [-0.25, -0.2) is 4.39 Å². The average molecular weight is 679 g/mol. The Morgan fingerprint density at radius 3 is 1.79 bits per heavy atom. The lowest BCUT2D eigenvalue weighted by molar-refractivity contribution is 0.627. The van der Waals surface area contributed by atoms with Crippen LogP contribution in [0.1, 0.15) is 0 Å². The topological polar surface area (TPSA) is 9.86 Å². The molecule has 3 heteroatoms. The molecule has 0 fully saturated rings. The molecule has 0 aliphatic heterocycles. The Morgan fingerprint density at radius 2 is 1.02 bits per heavy atom. The Morgan fingerprint density at radius 1 is 0.396 bits per heavy atom. The quantitative estimate of drug-likeness (QED) is 0.164. The van der Waals surface area contributed by atoms with Crippen LogP contribution >= 0.6 is 0 Å². The van der Waals surface area contributed by atoms with Gasteiger partial charge in [-0.3, -0.25) is 0 Å². The molecule has 0 aliphatic carbocycles. The average Bonchev–Trinajstić information content (AvgIpc) is 3.80. The van der Waals surface area contributed by atoms with E-state index in [1.807, 2.05) is 12.1 Å². The zero-order valence-corrected chi connectivity index (χ0v) is 28.7. The second-order valence-electron chi connectivity index (χ2n) is 13.9. The van der Waals surface area contributed by atoms with Crippen LogP contribution in [0.5, 0.6) is 0 Å². The summed E-state index contributed by atoms with van der Waals surface area (Å²) in [6, 6.07) is 64.1. The zero-order valence-electron chi connectivity index (χ0n) is 28.7. The minimum atomic E-state index is -0.234. The molecule has 0 atom stereocenters. The van der Waals surface area contributed by atoms with Gasteiger partial charge in [-0.05, 0) is 104 Å². The lowest BCUT2D eigenvalue weighted by atomic mass is 9.95. The van der Waals surface area contributed by atoms with Crippen LogP contribution in [0.4, 0.5) is 4.39 Å². The van der Waals surface area contributed by atoms with Gasteiger partial charge in [0.1, 0.15) is 5.82 Å². The van der Waals surface area contributed by atoms with E-state index in [1.54, 1.807) is 0 Å². The highest BCUT2D eigenvalue weighted by atomic mass is 19.1. The first kappa shape index (κ1) is 29.7. The van der Waals surface area contributed by atoms with Crippen molar-refractivity contribution in [3.63, 3.8) is 0 Å². The van der Waals surface area contributed by atoms with E-state index in [-0.39, 0.29) is 5.82 Å². The van der Waals surface area contributed by atoms with Gasteiger partial charge in [0.25, 0.3) is 0 Å². The van der Waals surface area contributed by atoms with Crippen molar-refractivity contribution in [3.8, 4) is 33.6 Å². The van der Waals surface area contributed by atoms with Gasteiger partial charge in [0.15, 0.2) is 0 Å². The van der Waals surface area contributed by atoms with Gasteiger partial charge >= 0.3 is 0 Å². The molecule has 2 heterocycles. The smallest absolute Gasteiger partial charge is 0.123 e. The van der Waals surface area contributed by atoms with Crippen LogP contribution < -0.4 is 0 Å². The van der Waals surface area contributed by atoms with E-state index in [2.05, 4.69) is 173 Å². The van der Waals surface area contributed by atoms with Crippen LogP contribution in [0.25, 0.3) is 98.7 Å². The Labute approximate surface area is 305 Å². The third kappa shape index (κ3) is 4.51. The van der Waals surface area contributed by atoms with Gasteiger partial charge in [-0.15, -0.1) is 0 Å². The molecule has 2 nitrogen and oxygen atoms in total. The van der Waals surface area contributed by atoms with Crippen LogP contribution in [0.15, 0.2) is 188 Å². The van der Waals surface area contributed by atoms with Crippen molar-refractivity contribution in [1.82, 2.24) is 9.13 Å². The zero-order chi connectivity index (χ0) is 35.0. The highest BCUT2D eigenvalue weighted by Crippen LogP contribution is 2.45. The molecule has 0 radical (unpaired) electrons. The van der Waals surface area contributed by atoms with Crippen LogP contribution in [0.3, 0.4) is 0 Å². The van der Waals surface area contributed by atoms with Gasteiger partial charge in [0.05, 0.1) is 22.2 Å². The molecule has 0 saturated carbocycles. The minimum Gasteiger partial charge on any atom is -0.317 e. The second kappa shape index (κ2) is 11.5. The first-order valence-electron chi connectivity index (χ1n) is 18.0. The van der Waals surface area contributed by atoms with Crippen molar-refractivity contribution in [1.29, 1.82) is 0 Å². The molecule has 0 aliphatic rings. The molecule has 2 aromatic heterocycles. The van der Waals surface area contributed by atoms with Crippen molar-refractivity contribution in [2.45, 2.75) is 0 Å². The maximum atomic E-state index is 13.7. The van der Waals surface area contributed by atoms with Gasteiger partial charge in [-0.2, -0.15) is 0 Å². The Hall–Kier alpha value is -6.97. The highest BCUT2D eigenvalue weighted by Gasteiger charge is 2.21. The lowest BCUT2D eigenvalue weighted by Gasteiger charge is -2.16. The van der Waals surface area contributed by atoms with Crippen LogP contribution in [0.2, 0.25) is 0 Å². The number of rotatable bonds is 4. The third-order valence-electron chi connectivity index (χ3n) is 11.0. The maximum absolute atomic E-state index is 13.7. The van der Waals surface area contributed by atoms with Crippen molar-refractivity contribution >= 4 is 65.0 Å². The summed E-state index contributed by atoms with van der Waals surface area (Å²) >= 11 is 0. The monoisotopic (exact) mass is 678 g/mol. The molecular weight excluding hydrogens is 648 g/mol. The van der Waals surface area contributed by atoms with Gasteiger partial charge < -0.3 is 9.13 Å². The van der Waals surface area contributed by atoms with E-state index in [1.165, 1.54) is 77.4 Å². The number of benzene rings is 9. The summed E-state index contributed by atoms with van der Waals surface area (Å²) in [4.78, 5) is 0. The number of halogens is 1. The molecule has 0 N–H and O–H groups in total. The fourth-order valence-corrected chi connectivity index (χ4v) is 8.61. The molecule has 0 unspecified atom stereocenters. The Balaban J connectivity index is 1.20. The molecule has 0 spiro atoms. The SMILES string of the molecule is Fc1ccc(-n2ccc3cc(-c4ccc5c(c4)c4c6ccccc6c6ccccc6c4n5-c4ccc(-c5ccccc5)c5ccccc45)ccc32)cc1. The number of fused-ring (bicyclic) bond motifs is 10. The van der Waals surface area contributed by atoms with E-state index < -0.39 is 0 Å². The summed E-state index contributed by atoms with van der Waals surface area (Å²) in [6.07, 6.45) is 2.06. The largest absolute Gasteiger partial charge is 0.317 e. The van der Waals surface area contributed by atoms with E-state index in [0.717, 1.165) is 33.4 Å². The first-order valence-corrected chi connectivity index (χ1v) is 18.0. The van der Waals surface area contributed by atoms with Crippen molar-refractivity contribution in [3.05, 3.63) is 194 Å². The van der Waals surface area contributed by atoms with E-state index in [9.17, 15) is 4.39 Å². The normalized spacial score (nSPS) is 11.9. The summed E-state index contributed by atoms with van der Waals surface area (Å²) < 4.78 is 18.3. The minimum absolute atomic E-state index is 0.234. The Bertz CT molecular complexity index is 3220. The highest BCUT2D eigenvalue weighted by molar-refractivity contribution is 6.32. The molecule has 9 aromatic carbocycles. The van der Waals surface area contributed by atoms with Gasteiger partial charge in [-0.1, -0.05) is 121 Å². The molecule has 248 valence electrons. The number of nitrogens with zero attached hydrogens (tertiary/aromatic N) is 2. The molecule has 0 bridgehead atoms. The molecule has 11 aromatic rings. The van der Waals surface area contributed by atoms with Gasteiger partial charge in [0, 0.05) is 38.8 Å². The van der Waals surface area contributed by atoms with Crippen LogP contribution in [-0.2, 0) is 0 Å². The summed E-state index contributed by atoms with van der Waals surface area (Å²) in [7, 11) is 0. The predicted octanol–water partition coefficient (Wildman–Crippen LogP) is 13.7. The fourth-order valence-electron chi connectivity index (χ4n) is 8.61. The van der Waals surface area contributed by atoms with Gasteiger partial charge in [0.2, 0.25) is 0 Å². The van der Waals surface area contributed by atoms with E-state index in [4.69, 9.17) is 0 Å². The summed E-state index contributed by atoms with van der Waals surface area (Å²) in [5.41, 5.74) is 10.3. The number of aromatic nitrogens is 2. The fraction of sp³-hybridized carbons (Fsp3) is 0. The number of hydrogen-bond acceptors (Lipinski definition) is 0. The van der Waals surface area contributed by atoms with Crippen LogP contribution in [-0.4, -0.2) is 9.13 Å². The molecule has 11 rings (SSSR count). The molecule has 0 saturated heterocycles. The van der Waals surface area contributed by atoms with Crippen LogP contribution in [0, 0.1) is 5.82 Å². The lowest BCUT2D eigenvalue weighted by Crippen LogP contribution is -1.97. The first-order chi connectivity index (χ1) is 26.2. The maximum Gasteiger partial charge on any atom is 0.123 e. The summed E-state index contributed by atoms with van der Waals surface area (Å²) in [5.74, 6) is -0.234. The van der Waals surface area contributed by atoms with Crippen molar-refractivity contribution < 1.29 is 4.39 Å². The molecule has 0 amide bonds. The Kier molecular flexibility index (Phi) is 6.47. The summed E-state index contributed by atoms with van der Waals surface area (Å²) in [6.45, 7) is 0. The van der Waals surface area contributed by atoms with E-state index >= 15 is 0 Å².